The summed E-state index contributed by atoms with van der Waals surface area (Å²) in [5.41, 5.74) is 1.27. The average Bonchev–Trinajstić information content (AvgIpc) is 3.09. The molecule has 3 heterocycles. The molecule has 188 valence electrons. The second-order valence-corrected chi connectivity index (χ2v) is 13.6. The van der Waals surface area contributed by atoms with Crippen LogP contribution in [0.2, 0.25) is 0 Å². The van der Waals surface area contributed by atoms with E-state index in [4.69, 9.17) is 4.74 Å². The van der Waals surface area contributed by atoms with Gasteiger partial charge in [0.25, 0.3) is 5.91 Å². The zero-order valence-electron chi connectivity index (χ0n) is 20.9. The van der Waals surface area contributed by atoms with Crippen LogP contribution >= 0.6 is 11.3 Å². The summed E-state index contributed by atoms with van der Waals surface area (Å²) in [5.74, 6) is -0.386. The number of rotatable bonds is 4. The summed E-state index contributed by atoms with van der Waals surface area (Å²) >= 11 is 1.41. The van der Waals surface area contributed by atoms with Gasteiger partial charge >= 0.3 is 0 Å². The number of morpholine rings is 1. The van der Waals surface area contributed by atoms with Crippen molar-refractivity contribution >= 4 is 32.3 Å². The molecule has 0 bridgehead atoms. The van der Waals surface area contributed by atoms with Gasteiger partial charge < -0.3 is 15.4 Å². The van der Waals surface area contributed by atoms with Gasteiger partial charge in [0.15, 0.2) is 0 Å². The van der Waals surface area contributed by atoms with E-state index < -0.39 is 10.0 Å². The predicted molar refractivity (Wildman–Crippen MR) is 136 cm³/mol. The number of carbonyl (C=O) groups excluding carboxylic acids is 1. The number of amides is 1. The molecule has 1 aromatic carbocycles. The van der Waals surface area contributed by atoms with Crippen LogP contribution in [-0.4, -0.2) is 49.5 Å². The minimum Gasteiger partial charge on any atom is -0.373 e. The Morgan fingerprint density at radius 1 is 1.17 bits per heavy atom. The lowest BCUT2D eigenvalue weighted by Crippen LogP contribution is -2.54. The van der Waals surface area contributed by atoms with Gasteiger partial charge in [0.05, 0.1) is 22.7 Å². The van der Waals surface area contributed by atoms with Crippen LogP contribution in [-0.2, 0) is 26.7 Å². The van der Waals surface area contributed by atoms with E-state index in [1.807, 2.05) is 13.8 Å². The monoisotopic (exact) mass is 516 g/mol. The van der Waals surface area contributed by atoms with Gasteiger partial charge in [-0.3, -0.25) is 4.79 Å². The van der Waals surface area contributed by atoms with Crippen molar-refractivity contribution in [3.05, 3.63) is 45.8 Å². The summed E-state index contributed by atoms with van der Waals surface area (Å²) < 4.78 is 33.2. The first-order valence-corrected chi connectivity index (χ1v) is 13.9. The standard InChI is InChI=1S/C25H32N4O4S2/c1-15-13-29(14-16(2)33-15)35(31,32)18-9-7-17(8-10-18)22(30)27-23-20(12-26)19-11-24(3,4)28-25(5,6)21(19)34-23/h7-10,15-16,28H,11,13-14H2,1-6H3,(H,27,30)/t15-,16-/m0/s1. The van der Waals surface area contributed by atoms with E-state index >= 15 is 0 Å². The van der Waals surface area contributed by atoms with Crippen LogP contribution < -0.4 is 10.6 Å². The molecule has 1 amide bonds. The van der Waals surface area contributed by atoms with Crippen LogP contribution in [0.15, 0.2) is 29.2 Å². The molecule has 2 aromatic rings. The van der Waals surface area contributed by atoms with E-state index in [9.17, 15) is 18.5 Å². The van der Waals surface area contributed by atoms with Crippen LogP contribution in [0.1, 0.15) is 67.9 Å². The van der Waals surface area contributed by atoms with Crippen LogP contribution in [0.5, 0.6) is 0 Å². The quantitative estimate of drug-likeness (QED) is 0.639. The fourth-order valence-electron chi connectivity index (χ4n) is 5.16. The molecule has 1 aromatic heterocycles. The van der Waals surface area contributed by atoms with E-state index in [-0.39, 0.29) is 47.2 Å². The molecule has 4 rings (SSSR count). The molecule has 8 nitrogen and oxygen atoms in total. The van der Waals surface area contributed by atoms with Gasteiger partial charge in [0.2, 0.25) is 10.0 Å². The average molecular weight is 517 g/mol. The summed E-state index contributed by atoms with van der Waals surface area (Å²) in [5, 5.41) is 16.9. The molecule has 10 heteroatoms. The molecule has 0 radical (unpaired) electrons. The summed E-state index contributed by atoms with van der Waals surface area (Å²) in [6.07, 6.45) is 0.317. The number of nitriles is 1. The second-order valence-electron chi connectivity index (χ2n) is 10.6. The number of carbonyl (C=O) groups is 1. The number of ether oxygens (including phenoxy) is 1. The predicted octanol–water partition coefficient (Wildman–Crippen LogP) is 3.83. The Hall–Kier alpha value is -2.29. The molecule has 2 N–H and O–H groups in total. The Bertz CT molecular complexity index is 1280. The van der Waals surface area contributed by atoms with E-state index in [2.05, 4.69) is 44.4 Å². The number of sulfonamides is 1. The van der Waals surface area contributed by atoms with Crippen molar-refractivity contribution in [2.75, 3.05) is 18.4 Å². The van der Waals surface area contributed by atoms with E-state index in [1.54, 1.807) is 0 Å². The summed E-state index contributed by atoms with van der Waals surface area (Å²) in [6.45, 7) is 12.6. The van der Waals surface area contributed by atoms with Crippen LogP contribution in [0.4, 0.5) is 5.00 Å². The molecule has 2 aliphatic heterocycles. The number of nitrogens with zero attached hydrogens (tertiary/aromatic N) is 2. The Balaban J connectivity index is 1.56. The first-order chi connectivity index (χ1) is 16.2. The third-order valence-electron chi connectivity index (χ3n) is 6.32. The molecule has 2 aliphatic rings. The lowest BCUT2D eigenvalue weighted by molar-refractivity contribution is -0.0440. The maximum atomic E-state index is 13.1. The number of nitrogens with one attached hydrogen (secondary N) is 2. The molecule has 0 aliphatic carbocycles. The summed E-state index contributed by atoms with van der Waals surface area (Å²) in [4.78, 5) is 14.2. The van der Waals surface area contributed by atoms with Crippen molar-refractivity contribution in [3.63, 3.8) is 0 Å². The number of thiophene rings is 1. The largest absolute Gasteiger partial charge is 0.373 e. The van der Waals surface area contributed by atoms with Gasteiger partial charge in [-0.25, -0.2) is 8.42 Å². The SMILES string of the molecule is C[C@H]1CN(S(=O)(=O)c2ccc(C(=O)Nc3sc4c(c3C#N)CC(C)(C)NC4(C)C)cc2)C[C@H](C)O1. The molecule has 1 saturated heterocycles. The maximum absolute atomic E-state index is 13.1. The normalized spacial score (nSPS) is 23.8. The van der Waals surface area contributed by atoms with Crippen molar-refractivity contribution in [3.8, 4) is 6.07 Å². The van der Waals surface area contributed by atoms with Gasteiger partial charge in [0, 0.05) is 34.6 Å². The Morgan fingerprint density at radius 2 is 1.77 bits per heavy atom. The molecule has 35 heavy (non-hydrogen) atoms. The van der Waals surface area contributed by atoms with Gasteiger partial charge in [-0.1, -0.05) is 0 Å². The van der Waals surface area contributed by atoms with E-state index in [0.29, 0.717) is 22.5 Å². The molecule has 1 fully saturated rings. The topological polar surface area (TPSA) is 112 Å². The Labute approximate surface area is 211 Å². The number of hydrogen-bond acceptors (Lipinski definition) is 7. The third kappa shape index (κ3) is 5.01. The van der Waals surface area contributed by atoms with Crippen molar-refractivity contribution in [1.29, 1.82) is 5.26 Å². The van der Waals surface area contributed by atoms with E-state index in [1.165, 1.54) is 39.9 Å². The molecule has 0 saturated carbocycles. The van der Waals surface area contributed by atoms with Gasteiger partial charge in [-0.05, 0) is 77.8 Å². The van der Waals surface area contributed by atoms with Crippen LogP contribution in [0.25, 0.3) is 0 Å². The Kier molecular flexibility index (Phi) is 6.62. The first kappa shape index (κ1) is 25.8. The minimum atomic E-state index is -3.69. The zero-order valence-corrected chi connectivity index (χ0v) is 22.6. The fourth-order valence-corrected chi connectivity index (χ4v) is 7.98. The smallest absolute Gasteiger partial charge is 0.256 e. The second kappa shape index (κ2) is 8.98. The summed E-state index contributed by atoms with van der Waals surface area (Å²) in [6, 6.07) is 8.20. The maximum Gasteiger partial charge on any atom is 0.256 e. The Morgan fingerprint density at radius 3 is 2.34 bits per heavy atom. The van der Waals surface area contributed by atoms with Crippen LogP contribution in [0.3, 0.4) is 0 Å². The molecule has 2 atom stereocenters. The first-order valence-electron chi connectivity index (χ1n) is 11.7. The van der Waals surface area contributed by atoms with E-state index in [0.717, 1.165) is 10.4 Å². The van der Waals surface area contributed by atoms with Gasteiger partial charge in [0.1, 0.15) is 11.1 Å². The number of anilines is 1. The molecular weight excluding hydrogens is 484 g/mol. The third-order valence-corrected chi connectivity index (χ3v) is 9.64. The van der Waals surface area contributed by atoms with Crippen molar-refractivity contribution in [2.45, 2.75) is 76.1 Å². The summed E-state index contributed by atoms with van der Waals surface area (Å²) in [7, 11) is -3.69. The van der Waals surface area contributed by atoms with Crippen molar-refractivity contribution < 1.29 is 17.9 Å². The number of hydrogen-bond donors (Lipinski definition) is 2. The van der Waals surface area contributed by atoms with Crippen LogP contribution in [0, 0.1) is 11.3 Å². The number of fused-ring (bicyclic) bond motifs is 1. The minimum absolute atomic E-state index is 0.134. The highest BCUT2D eigenvalue weighted by atomic mass is 32.2. The van der Waals surface area contributed by atoms with Gasteiger partial charge in [-0.15, -0.1) is 11.3 Å². The highest BCUT2D eigenvalue weighted by Crippen LogP contribution is 2.44. The fraction of sp³-hybridized carbons (Fsp3) is 0.520. The highest BCUT2D eigenvalue weighted by Gasteiger charge is 2.40. The van der Waals surface area contributed by atoms with Crippen molar-refractivity contribution in [2.24, 2.45) is 0 Å². The molecule has 0 unspecified atom stereocenters. The van der Waals surface area contributed by atoms with Gasteiger partial charge in [-0.2, -0.15) is 9.57 Å². The lowest BCUT2D eigenvalue weighted by Gasteiger charge is -2.42. The zero-order chi connectivity index (χ0) is 25.8. The highest BCUT2D eigenvalue weighted by molar-refractivity contribution is 7.89. The lowest BCUT2D eigenvalue weighted by atomic mass is 9.81. The van der Waals surface area contributed by atoms with Crippen molar-refractivity contribution in [1.82, 2.24) is 9.62 Å². The molecule has 0 spiro atoms. The number of benzene rings is 1. The molecular formula is C25H32N4O4S2.